The molecule has 0 N–H and O–H groups in total. The van der Waals surface area contributed by atoms with Crippen molar-refractivity contribution in [2.24, 2.45) is 0 Å². The number of piperidine rings is 1. The fraction of sp³-hybridized carbons (Fsp3) is 0.273. The van der Waals surface area contributed by atoms with Gasteiger partial charge in [-0.2, -0.15) is 4.98 Å². The van der Waals surface area contributed by atoms with Crippen LogP contribution in [-0.2, 0) is 6.54 Å². The van der Waals surface area contributed by atoms with Gasteiger partial charge in [-0.25, -0.2) is 0 Å². The molecule has 0 saturated carbocycles. The minimum absolute atomic E-state index is 0.257. The number of benzene rings is 1. The lowest BCUT2D eigenvalue weighted by Gasteiger charge is -2.30. The second-order valence-corrected chi connectivity index (χ2v) is 7.27. The van der Waals surface area contributed by atoms with Gasteiger partial charge in [-0.3, -0.25) is 14.9 Å². The van der Waals surface area contributed by atoms with E-state index in [2.05, 4.69) is 44.3 Å². The summed E-state index contributed by atoms with van der Waals surface area (Å²) in [6, 6.07) is 16.3. The zero-order valence-electron chi connectivity index (χ0n) is 15.5. The third kappa shape index (κ3) is 3.51. The van der Waals surface area contributed by atoms with Crippen LogP contribution >= 0.6 is 0 Å². The first kappa shape index (κ1) is 17.0. The van der Waals surface area contributed by atoms with E-state index in [1.54, 1.807) is 12.4 Å². The van der Waals surface area contributed by atoms with E-state index in [-0.39, 0.29) is 5.92 Å². The fourth-order valence-corrected chi connectivity index (χ4v) is 3.84. The molecule has 3 aromatic heterocycles. The Kier molecular flexibility index (Phi) is 4.54. The number of para-hydroxylation sites is 1. The largest absolute Gasteiger partial charge is 0.339 e. The van der Waals surface area contributed by atoms with Gasteiger partial charge in [-0.15, -0.1) is 0 Å². The summed E-state index contributed by atoms with van der Waals surface area (Å²) in [7, 11) is 0. The van der Waals surface area contributed by atoms with Gasteiger partial charge in [-0.1, -0.05) is 29.4 Å². The molecule has 0 spiro atoms. The normalized spacial score (nSPS) is 17.8. The zero-order chi connectivity index (χ0) is 18.8. The van der Waals surface area contributed by atoms with Crippen molar-refractivity contribution in [1.82, 2.24) is 25.0 Å². The van der Waals surface area contributed by atoms with Gasteiger partial charge >= 0.3 is 0 Å². The smallest absolute Gasteiger partial charge is 0.231 e. The molecule has 1 fully saturated rings. The maximum Gasteiger partial charge on any atom is 0.231 e. The molecule has 1 aliphatic heterocycles. The van der Waals surface area contributed by atoms with Gasteiger partial charge < -0.3 is 4.52 Å². The maximum absolute atomic E-state index is 5.58. The molecular formula is C22H21N5O. The highest BCUT2D eigenvalue weighted by atomic mass is 16.5. The first-order valence-corrected chi connectivity index (χ1v) is 9.66. The van der Waals surface area contributed by atoms with Crippen LogP contribution in [0.4, 0.5) is 0 Å². The summed E-state index contributed by atoms with van der Waals surface area (Å²) in [6.45, 7) is 2.81. The molecule has 0 amide bonds. The van der Waals surface area contributed by atoms with Crippen LogP contribution in [0.5, 0.6) is 0 Å². The highest BCUT2D eigenvalue weighted by molar-refractivity contribution is 5.78. The predicted octanol–water partition coefficient (Wildman–Crippen LogP) is 4.06. The van der Waals surface area contributed by atoms with E-state index in [1.807, 2.05) is 24.3 Å². The van der Waals surface area contributed by atoms with Crippen molar-refractivity contribution in [3.05, 3.63) is 72.5 Å². The number of fused-ring (bicyclic) bond motifs is 1. The van der Waals surface area contributed by atoms with E-state index in [4.69, 9.17) is 9.51 Å². The van der Waals surface area contributed by atoms with Gasteiger partial charge in [0.1, 0.15) is 0 Å². The molecular weight excluding hydrogens is 350 g/mol. The number of rotatable bonds is 4. The average Bonchev–Trinajstić information content (AvgIpc) is 3.25. The van der Waals surface area contributed by atoms with Crippen molar-refractivity contribution < 1.29 is 4.52 Å². The Morgan fingerprint density at radius 2 is 2.00 bits per heavy atom. The Hall–Kier alpha value is -3.12. The lowest BCUT2D eigenvalue weighted by Crippen LogP contribution is -2.34. The quantitative estimate of drug-likeness (QED) is 0.539. The van der Waals surface area contributed by atoms with Crippen molar-refractivity contribution in [3.63, 3.8) is 0 Å². The SMILES string of the molecule is c1cncc(-c2noc([C@H]3CCCN(Cc4ccc5ccccc5n4)C3)n2)c1. The average molecular weight is 371 g/mol. The minimum Gasteiger partial charge on any atom is -0.339 e. The van der Waals surface area contributed by atoms with E-state index < -0.39 is 0 Å². The van der Waals surface area contributed by atoms with Gasteiger partial charge in [0.25, 0.3) is 0 Å². The van der Waals surface area contributed by atoms with E-state index in [0.29, 0.717) is 5.82 Å². The van der Waals surface area contributed by atoms with E-state index in [1.165, 1.54) is 5.39 Å². The van der Waals surface area contributed by atoms with Crippen molar-refractivity contribution in [3.8, 4) is 11.4 Å². The summed E-state index contributed by atoms with van der Waals surface area (Å²) in [6.07, 6.45) is 5.68. The molecule has 0 bridgehead atoms. The van der Waals surface area contributed by atoms with E-state index >= 15 is 0 Å². The second kappa shape index (κ2) is 7.48. The standard InChI is InChI=1S/C22H21N5O/c1-2-8-20-16(5-1)9-10-19(24-20)15-27-12-4-7-18(14-27)22-25-21(26-28-22)17-6-3-11-23-13-17/h1-3,5-6,8-11,13,18H,4,7,12,14-15H2/t18-/m0/s1. The van der Waals surface area contributed by atoms with Crippen LogP contribution in [0.1, 0.15) is 30.3 Å². The summed E-state index contributed by atoms with van der Waals surface area (Å²) in [5, 5.41) is 5.33. The van der Waals surface area contributed by atoms with Crippen LogP contribution in [0, 0.1) is 0 Å². The highest BCUT2D eigenvalue weighted by Crippen LogP contribution is 2.28. The highest BCUT2D eigenvalue weighted by Gasteiger charge is 2.26. The molecule has 0 aliphatic carbocycles. The lowest BCUT2D eigenvalue weighted by molar-refractivity contribution is 0.178. The summed E-state index contributed by atoms with van der Waals surface area (Å²) in [4.78, 5) is 16.0. The van der Waals surface area contributed by atoms with Gasteiger partial charge in [0.2, 0.25) is 11.7 Å². The molecule has 1 aromatic carbocycles. The number of likely N-dealkylation sites (tertiary alicyclic amines) is 1. The van der Waals surface area contributed by atoms with Crippen LogP contribution in [0.25, 0.3) is 22.3 Å². The van der Waals surface area contributed by atoms with Crippen LogP contribution in [0.15, 0.2) is 65.4 Å². The minimum atomic E-state index is 0.257. The molecule has 4 heterocycles. The first-order chi connectivity index (χ1) is 13.8. The van der Waals surface area contributed by atoms with Crippen LogP contribution in [0.2, 0.25) is 0 Å². The van der Waals surface area contributed by atoms with Crippen molar-refractivity contribution in [2.45, 2.75) is 25.3 Å². The van der Waals surface area contributed by atoms with Gasteiger partial charge in [0, 0.05) is 36.4 Å². The zero-order valence-corrected chi connectivity index (χ0v) is 15.5. The molecule has 5 rings (SSSR count). The van der Waals surface area contributed by atoms with Gasteiger partial charge in [0.15, 0.2) is 0 Å². The summed E-state index contributed by atoms with van der Waals surface area (Å²) in [5.74, 6) is 1.58. The first-order valence-electron chi connectivity index (χ1n) is 9.66. The molecule has 28 heavy (non-hydrogen) atoms. The molecule has 6 nitrogen and oxygen atoms in total. The van der Waals surface area contributed by atoms with Crippen molar-refractivity contribution in [1.29, 1.82) is 0 Å². The number of hydrogen-bond acceptors (Lipinski definition) is 6. The summed E-state index contributed by atoms with van der Waals surface area (Å²) < 4.78 is 5.58. The molecule has 4 aromatic rings. The summed E-state index contributed by atoms with van der Waals surface area (Å²) >= 11 is 0. The van der Waals surface area contributed by atoms with Gasteiger partial charge in [-0.05, 0) is 43.7 Å². The van der Waals surface area contributed by atoms with Crippen LogP contribution < -0.4 is 0 Å². The molecule has 140 valence electrons. The van der Waals surface area contributed by atoms with E-state index in [9.17, 15) is 0 Å². The molecule has 1 atom stereocenters. The molecule has 6 heteroatoms. The third-order valence-electron chi connectivity index (χ3n) is 5.26. The van der Waals surface area contributed by atoms with Crippen LogP contribution in [-0.4, -0.2) is 38.1 Å². The number of aromatic nitrogens is 4. The lowest BCUT2D eigenvalue weighted by atomic mass is 9.98. The Morgan fingerprint density at radius 1 is 1.04 bits per heavy atom. The number of hydrogen-bond donors (Lipinski definition) is 0. The fourth-order valence-electron chi connectivity index (χ4n) is 3.84. The molecule has 0 unspecified atom stereocenters. The predicted molar refractivity (Wildman–Crippen MR) is 107 cm³/mol. The molecule has 0 radical (unpaired) electrons. The Morgan fingerprint density at radius 3 is 2.93 bits per heavy atom. The molecule has 1 saturated heterocycles. The second-order valence-electron chi connectivity index (χ2n) is 7.27. The molecule has 1 aliphatic rings. The summed E-state index contributed by atoms with van der Waals surface area (Å²) in [5.41, 5.74) is 3.03. The van der Waals surface area contributed by atoms with E-state index in [0.717, 1.165) is 55.1 Å². The van der Waals surface area contributed by atoms with Gasteiger partial charge in [0.05, 0.1) is 17.1 Å². The topological polar surface area (TPSA) is 67.9 Å². The monoisotopic (exact) mass is 371 g/mol. The van der Waals surface area contributed by atoms with Crippen LogP contribution in [0.3, 0.4) is 0 Å². The Labute approximate surface area is 163 Å². The number of pyridine rings is 2. The van der Waals surface area contributed by atoms with Crippen molar-refractivity contribution in [2.75, 3.05) is 13.1 Å². The number of nitrogens with zero attached hydrogens (tertiary/aromatic N) is 5. The maximum atomic E-state index is 5.58. The van der Waals surface area contributed by atoms with Crippen molar-refractivity contribution >= 4 is 10.9 Å². The Balaban J connectivity index is 1.30. The Bertz CT molecular complexity index is 1080. The third-order valence-corrected chi connectivity index (χ3v) is 5.26.